The highest BCUT2D eigenvalue weighted by molar-refractivity contribution is 6.00. The van der Waals surface area contributed by atoms with E-state index in [9.17, 15) is 28.4 Å². The lowest BCUT2D eigenvalue weighted by Gasteiger charge is -2.38. The zero-order valence-electron chi connectivity index (χ0n) is 32.2. The van der Waals surface area contributed by atoms with Gasteiger partial charge in [-0.1, -0.05) is 0 Å². The minimum absolute atomic E-state index is 0.0330. The number of furan rings is 1. The highest BCUT2D eigenvalue weighted by atomic mass is 19.1. The van der Waals surface area contributed by atoms with E-state index >= 15 is 0 Å². The summed E-state index contributed by atoms with van der Waals surface area (Å²) in [5.41, 5.74) is 0.170. The molecule has 0 bridgehead atoms. The molecule has 3 aliphatic rings. The van der Waals surface area contributed by atoms with Crippen LogP contribution in [0, 0.1) is 30.6 Å². The number of carbonyl (C=O) groups is 4. The SMILES string of the molecule is COC1CCC([C@@H]2CCN(C(=O)C3CCC([C@@H](CF)NC(=O)OC(C)(C)C)CC3)[C@@H]2C(=O)Nc2ccc3oc(C(=O)OCc4oc(=O)oc4C)cc3c2)CC1. The fourth-order valence-electron chi connectivity index (χ4n) is 8.54. The van der Waals surface area contributed by atoms with Crippen LogP contribution < -0.4 is 16.5 Å². The Labute approximate surface area is 318 Å². The summed E-state index contributed by atoms with van der Waals surface area (Å²) >= 11 is 0. The number of nitrogens with zero attached hydrogens (tertiary/aromatic N) is 1. The minimum atomic E-state index is -0.890. The Morgan fingerprint density at radius 3 is 2.33 bits per heavy atom. The number of rotatable bonds is 11. The van der Waals surface area contributed by atoms with E-state index in [1.54, 1.807) is 51.0 Å². The smallest absolute Gasteiger partial charge is 0.451 e. The van der Waals surface area contributed by atoms with E-state index in [4.69, 9.17) is 27.5 Å². The average molecular weight is 770 g/mol. The van der Waals surface area contributed by atoms with Crippen molar-refractivity contribution in [2.24, 2.45) is 23.7 Å². The number of methoxy groups -OCH3 is 1. The van der Waals surface area contributed by atoms with Crippen LogP contribution >= 0.6 is 0 Å². The number of carbonyl (C=O) groups excluding carboxylic acids is 4. The van der Waals surface area contributed by atoms with Crippen LogP contribution in [0.1, 0.15) is 101 Å². The molecule has 3 atom stereocenters. The predicted octanol–water partition coefficient (Wildman–Crippen LogP) is 6.67. The van der Waals surface area contributed by atoms with Crippen molar-refractivity contribution in [1.82, 2.24) is 10.2 Å². The van der Waals surface area contributed by atoms with Crippen molar-refractivity contribution in [2.45, 2.75) is 116 Å². The third-order valence-electron chi connectivity index (χ3n) is 11.4. The van der Waals surface area contributed by atoms with Gasteiger partial charge in [-0.25, -0.2) is 18.8 Å². The Bertz CT molecular complexity index is 1890. The molecule has 0 unspecified atom stereocenters. The van der Waals surface area contributed by atoms with Gasteiger partial charge in [-0.15, -0.1) is 0 Å². The summed E-state index contributed by atoms with van der Waals surface area (Å²) in [6, 6.07) is 5.13. The number of hydrogen-bond acceptors (Lipinski definition) is 11. The zero-order chi connectivity index (χ0) is 39.4. The van der Waals surface area contributed by atoms with Crippen LogP contribution in [0.3, 0.4) is 0 Å². The maximum atomic E-state index is 14.3. The lowest BCUT2D eigenvalue weighted by molar-refractivity contribution is -0.142. The Balaban J connectivity index is 1.13. The molecule has 2 aliphatic carbocycles. The number of halogens is 1. The zero-order valence-corrected chi connectivity index (χ0v) is 32.2. The van der Waals surface area contributed by atoms with Crippen molar-refractivity contribution in [3.63, 3.8) is 0 Å². The molecule has 3 heterocycles. The molecular formula is C40H52FN3O11. The fourth-order valence-corrected chi connectivity index (χ4v) is 8.54. The number of amides is 3. The standard InChI is InChI=1S/C40H52FN3O11/c1-22-33(54-39(49)52-22)21-51-37(47)32-19-26-18-27(12-15-31(26)53-32)42-35(45)34-29(23-10-13-28(50-5)14-11-23)16-17-44(34)36(46)25-8-6-24(7-9-25)30(20-41)43-38(48)55-40(2,3)4/h12,15,18-19,23-25,28-30,34H,6-11,13-14,16-17,20-21H2,1-5H3,(H,42,45)(H,43,48)/t23?,24?,25?,28?,29-,30+,34-/m0/s1. The van der Waals surface area contributed by atoms with Crippen LogP contribution in [0.25, 0.3) is 11.0 Å². The van der Waals surface area contributed by atoms with Gasteiger partial charge < -0.3 is 43.0 Å². The monoisotopic (exact) mass is 769 g/mol. The molecule has 3 amide bonds. The number of fused-ring (bicyclic) bond motifs is 1. The Morgan fingerprint density at radius 2 is 1.69 bits per heavy atom. The summed E-state index contributed by atoms with van der Waals surface area (Å²) in [5.74, 6) is -2.01. The van der Waals surface area contributed by atoms with Crippen molar-refractivity contribution < 1.29 is 51.0 Å². The van der Waals surface area contributed by atoms with E-state index in [0.29, 0.717) is 55.3 Å². The van der Waals surface area contributed by atoms with Gasteiger partial charge in [-0.05, 0) is 128 Å². The van der Waals surface area contributed by atoms with Crippen LogP contribution in [0.5, 0.6) is 0 Å². The second-order valence-corrected chi connectivity index (χ2v) is 16.1. The number of likely N-dealkylation sites (tertiary alicyclic amines) is 1. The molecule has 300 valence electrons. The number of anilines is 1. The topological polar surface area (TPSA) is 180 Å². The molecule has 15 heteroatoms. The molecule has 2 saturated carbocycles. The second kappa shape index (κ2) is 17.0. The van der Waals surface area contributed by atoms with Crippen molar-refractivity contribution in [3.05, 3.63) is 52.2 Å². The number of aryl methyl sites for hydroxylation is 1. The molecule has 6 rings (SSSR count). The van der Waals surface area contributed by atoms with Gasteiger partial charge in [0.2, 0.25) is 17.6 Å². The first kappa shape index (κ1) is 40.0. The third kappa shape index (κ3) is 9.60. The molecule has 55 heavy (non-hydrogen) atoms. The maximum absolute atomic E-state index is 14.3. The van der Waals surface area contributed by atoms with E-state index in [0.717, 1.165) is 25.7 Å². The molecule has 2 aromatic heterocycles. The summed E-state index contributed by atoms with van der Waals surface area (Å²) in [5, 5.41) is 6.28. The van der Waals surface area contributed by atoms with Gasteiger partial charge in [-0.2, -0.15) is 0 Å². The Kier molecular flexibility index (Phi) is 12.4. The second-order valence-electron chi connectivity index (χ2n) is 16.1. The van der Waals surface area contributed by atoms with Crippen molar-refractivity contribution in [2.75, 3.05) is 25.6 Å². The van der Waals surface area contributed by atoms with Gasteiger partial charge in [0, 0.05) is 30.6 Å². The van der Waals surface area contributed by atoms with Gasteiger partial charge in [0.15, 0.2) is 18.1 Å². The van der Waals surface area contributed by atoms with Crippen molar-refractivity contribution in [3.8, 4) is 0 Å². The fraction of sp³-hybridized carbons (Fsp3) is 0.625. The van der Waals surface area contributed by atoms with Gasteiger partial charge in [0.1, 0.15) is 23.9 Å². The molecule has 0 spiro atoms. The third-order valence-corrected chi connectivity index (χ3v) is 11.4. The molecular weight excluding hydrogens is 717 g/mol. The largest absolute Gasteiger partial charge is 0.519 e. The highest BCUT2D eigenvalue weighted by Gasteiger charge is 2.47. The van der Waals surface area contributed by atoms with Gasteiger partial charge in [0.25, 0.3) is 0 Å². The Hall–Kier alpha value is -4.66. The number of hydrogen-bond donors (Lipinski definition) is 2. The van der Waals surface area contributed by atoms with Crippen LogP contribution in [0.2, 0.25) is 0 Å². The summed E-state index contributed by atoms with van der Waals surface area (Å²) in [6.45, 7) is 6.19. The minimum Gasteiger partial charge on any atom is -0.451 e. The molecule has 3 fully saturated rings. The molecule has 2 N–H and O–H groups in total. The molecule has 1 saturated heterocycles. The van der Waals surface area contributed by atoms with Crippen molar-refractivity contribution >= 4 is 40.5 Å². The quantitative estimate of drug-likeness (QED) is 0.199. The van der Waals surface area contributed by atoms with E-state index < -0.39 is 42.2 Å². The molecule has 1 aromatic carbocycles. The van der Waals surface area contributed by atoms with Crippen LogP contribution in [0.4, 0.5) is 14.9 Å². The summed E-state index contributed by atoms with van der Waals surface area (Å²) in [7, 11) is 1.72. The molecule has 3 aromatic rings. The first-order valence-electron chi connectivity index (χ1n) is 19.2. The van der Waals surface area contributed by atoms with E-state index in [1.165, 1.54) is 13.0 Å². The number of alkyl halides is 1. The number of alkyl carbamates (subject to hydrolysis) is 1. The summed E-state index contributed by atoms with van der Waals surface area (Å²) < 4.78 is 45.7. The van der Waals surface area contributed by atoms with E-state index in [2.05, 4.69) is 10.6 Å². The lowest BCUT2D eigenvalue weighted by Crippen LogP contribution is -2.50. The molecule has 1 aliphatic heterocycles. The maximum Gasteiger partial charge on any atom is 0.519 e. The van der Waals surface area contributed by atoms with E-state index in [1.807, 2.05) is 0 Å². The van der Waals surface area contributed by atoms with Gasteiger partial charge in [0.05, 0.1) is 12.1 Å². The summed E-state index contributed by atoms with van der Waals surface area (Å²) in [6.07, 6.45) is 6.03. The van der Waals surface area contributed by atoms with Crippen LogP contribution in [0.15, 0.2) is 42.3 Å². The average Bonchev–Trinajstić information content (AvgIpc) is 3.88. The van der Waals surface area contributed by atoms with Crippen LogP contribution in [-0.4, -0.2) is 72.9 Å². The number of esters is 1. The van der Waals surface area contributed by atoms with E-state index in [-0.39, 0.29) is 65.5 Å². The highest BCUT2D eigenvalue weighted by Crippen LogP contribution is 2.42. The number of benzene rings is 1. The molecule has 14 nitrogen and oxygen atoms in total. The van der Waals surface area contributed by atoms with Crippen LogP contribution in [-0.2, 0) is 30.4 Å². The van der Waals surface area contributed by atoms with Gasteiger partial charge in [-0.3, -0.25) is 9.59 Å². The van der Waals surface area contributed by atoms with Gasteiger partial charge >= 0.3 is 17.9 Å². The summed E-state index contributed by atoms with van der Waals surface area (Å²) in [4.78, 5) is 66.7. The lowest BCUT2D eigenvalue weighted by atomic mass is 9.75. The van der Waals surface area contributed by atoms with Crippen molar-refractivity contribution in [1.29, 1.82) is 0 Å². The first-order chi connectivity index (χ1) is 26.2. The first-order valence-corrected chi connectivity index (χ1v) is 19.2. The normalized spacial score (nSPS) is 25.0. The molecule has 0 radical (unpaired) electrons. The number of ether oxygens (including phenoxy) is 3. The number of nitrogens with one attached hydrogen (secondary N) is 2. The predicted molar refractivity (Wildman–Crippen MR) is 197 cm³/mol. The Morgan fingerprint density at radius 1 is 0.964 bits per heavy atom.